The molecule has 2 fully saturated rings. The molecule has 1 aliphatic heterocycles. The molecule has 3 atom stereocenters. The highest BCUT2D eigenvalue weighted by Crippen LogP contribution is 2.38. The zero-order valence-corrected chi connectivity index (χ0v) is 12.1. The molecule has 0 radical (unpaired) electrons. The first-order valence-electron chi connectivity index (χ1n) is 7.43. The number of nitrogens with one attached hydrogen (secondary N) is 1. The van der Waals surface area contributed by atoms with Gasteiger partial charge in [-0.25, -0.2) is 9.97 Å². The van der Waals surface area contributed by atoms with E-state index in [9.17, 15) is 0 Å². The Morgan fingerprint density at radius 1 is 1.25 bits per heavy atom. The van der Waals surface area contributed by atoms with Crippen LogP contribution >= 0.6 is 0 Å². The van der Waals surface area contributed by atoms with Crippen LogP contribution in [0.4, 0.5) is 5.82 Å². The van der Waals surface area contributed by atoms with Crippen molar-refractivity contribution in [1.82, 2.24) is 19.9 Å². The fourth-order valence-electron chi connectivity index (χ4n) is 3.97. The van der Waals surface area contributed by atoms with Crippen molar-refractivity contribution >= 4 is 16.9 Å². The largest absolute Gasteiger partial charge is 0.356 e. The molecule has 4 rings (SSSR count). The highest BCUT2D eigenvalue weighted by atomic mass is 15.2. The Labute approximate surface area is 119 Å². The van der Waals surface area contributed by atoms with Gasteiger partial charge < -0.3 is 14.8 Å². The molecule has 1 saturated heterocycles. The van der Waals surface area contributed by atoms with Gasteiger partial charge in [-0.05, 0) is 43.8 Å². The monoisotopic (exact) mass is 271 g/mol. The van der Waals surface area contributed by atoms with Gasteiger partial charge in [0.25, 0.3) is 0 Å². The van der Waals surface area contributed by atoms with Gasteiger partial charge in [0.15, 0.2) is 0 Å². The summed E-state index contributed by atoms with van der Waals surface area (Å²) in [6, 6.07) is 2.74. The van der Waals surface area contributed by atoms with Crippen LogP contribution in [0.25, 0.3) is 11.0 Å². The van der Waals surface area contributed by atoms with Gasteiger partial charge >= 0.3 is 0 Å². The summed E-state index contributed by atoms with van der Waals surface area (Å²) in [5.41, 5.74) is 1.02. The Hall–Kier alpha value is -1.62. The van der Waals surface area contributed by atoms with Crippen LogP contribution < -0.4 is 10.2 Å². The maximum atomic E-state index is 4.54. The highest BCUT2D eigenvalue weighted by Gasteiger charge is 2.39. The third kappa shape index (κ3) is 1.73. The van der Waals surface area contributed by atoms with Crippen LogP contribution in [0.1, 0.15) is 12.8 Å². The summed E-state index contributed by atoms with van der Waals surface area (Å²) < 4.78 is 2.06. The van der Waals surface area contributed by atoms with Crippen LogP contribution in [-0.2, 0) is 7.05 Å². The first kappa shape index (κ1) is 12.1. The molecule has 2 aromatic rings. The van der Waals surface area contributed by atoms with Crippen molar-refractivity contribution in [2.45, 2.75) is 18.9 Å². The fraction of sp³-hybridized carbons (Fsp3) is 0.600. The molecule has 1 saturated carbocycles. The van der Waals surface area contributed by atoms with E-state index in [1.807, 2.05) is 7.05 Å². The fourth-order valence-corrected chi connectivity index (χ4v) is 3.97. The lowest BCUT2D eigenvalue weighted by atomic mass is 10.0. The first-order chi connectivity index (χ1) is 9.74. The van der Waals surface area contributed by atoms with Crippen LogP contribution in [0.3, 0.4) is 0 Å². The second-order valence-electron chi connectivity index (χ2n) is 6.28. The number of hydrogen-bond acceptors (Lipinski definition) is 4. The summed E-state index contributed by atoms with van der Waals surface area (Å²) in [5.74, 6) is 2.79. The number of aryl methyl sites for hydroxylation is 1. The third-order valence-corrected chi connectivity index (χ3v) is 5.15. The Balaban J connectivity index is 1.66. The van der Waals surface area contributed by atoms with Gasteiger partial charge in [-0.15, -0.1) is 0 Å². The minimum atomic E-state index is 0.616. The zero-order valence-electron chi connectivity index (χ0n) is 12.1. The lowest BCUT2D eigenvalue weighted by Gasteiger charge is -2.26. The van der Waals surface area contributed by atoms with Crippen LogP contribution in [0, 0.1) is 11.8 Å². The molecule has 0 amide bonds. The number of aromatic nitrogens is 3. The standard InChI is InChI=1S/C15H21N5/c1-19-4-3-13-14(19)17-9-18-15(13)20(2)12-5-10-7-16-8-11(10)6-12/h3-4,9-12,16H,5-8H2,1-2H3/t10-,11?,12?/m0/s1. The Morgan fingerprint density at radius 3 is 2.75 bits per heavy atom. The SMILES string of the molecule is CN(c1ncnc2c1ccn2C)C1CC2CNC[C@@H]2C1. The Kier molecular flexibility index (Phi) is 2.70. The zero-order chi connectivity index (χ0) is 13.7. The van der Waals surface area contributed by atoms with E-state index in [2.05, 4.69) is 44.1 Å². The number of fused-ring (bicyclic) bond motifs is 2. The molecule has 1 N–H and O–H groups in total. The number of rotatable bonds is 2. The van der Waals surface area contributed by atoms with Gasteiger partial charge in [-0.2, -0.15) is 0 Å². The number of nitrogens with zero attached hydrogens (tertiary/aromatic N) is 4. The number of anilines is 1. The molecule has 2 aliphatic rings. The molecule has 5 nitrogen and oxygen atoms in total. The smallest absolute Gasteiger partial charge is 0.145 e. The minimum absolute atomic E-state index is 0.616. The van der Waals surface area contributed by atoms with E-state index < -0.39 is 0 Å². The van der Waals surface area contributed by atoms with E-state index in [1.165, 1.54) is 25.9 Å². The van der Waals surface area contributed by atoms with E-state index in [0.29, 0.717) is 6.04 Å². The van der Waals surface area contributed by atoms with Gasteiger partial charge in [0.05, 0.1) is 5.39 Å². The van der Waals surface area contributed by atoms with Crippen LogP contribution in [0.2, 0.25) is 0 Å². The van der Waals surface area contributed by atoms with Crippen molar-refractivity contribution in [3.05, 3.63) is 18.6 Å². The maximum absolute atomic E-state index is 4.54. The van der Waals surface area contributed by atoms with Crippen LogP contribution in [-0.4, -0.2) is 40.7 Å². The lowest BCUT2D eigenvalue weighted by molar-refractivity contribution is 0.494. The van der Waals surface area contributed by atoms with Crippen molar-refractivity contribution in [2.24, 2.45) is 18.9 Å². The molecule has 0 spiro atoms. The molecule has 5 heteroatoms. The van der Waals surface area contributed by atoms with E-state index in [1.54, 1.807) is 6.33 Å². The summed E-state index contributed by atoms with van der Waals surface area (Å²) in [7, 11) is 4.22. The Morgan fingerprint density at radius 2 is 2.00 bits per heavy atom. The topological polar surface area (TPSA) is 46.0 Å². The van der Waals surface area contributed by atoms with Crippen molar-refractivity contribution < 1.29 is 0 Å². The molecule has 2 unspecified atom stereocenters. The Bertz CT molecular complexity index is 622. The van der Waals surface area contributed by atoms with Crippen LogP contribution in [0.15, 0.2) is 18.6 Å². The summed E-state index contributed by atoms with van der Waals surface area (Å²) in [5, 5.41) is 4.67. The normalized spacial score (nSPS) is 29.0. The quantitative estimate of drug-likeness (QED) is 0.897. The van der Waals surface area contributed by atoms with E-state index >= 15 is 0 Å². The van der Waals surface area contributed by atoms with Gasteiger partial charge in [-0.1, -0.05) is 0 Å². The number of hydrogen-bond donors (Lipinski definition) is 1. The van der Waals surface area contributed by atoms with Crippen molar-refractivity contribution in [1.29, 1.82) is 0 Å². The summed E-state index contributed by atoms with van der Waals surface area (Å²) >= 11 is 0. The molecular weight excluding hydrogens is 250 g/mol. The molecule has 0 bridgehead atoms. The summed E-state index contributed by atoms with van der Waals surface area (Å²) in [6.45, 7) is 2.39. The summed E-state index contributed by atoms with van der Waals surface area (Å²) in [4.78, 5) is 11.3. The van der Waals surface area contributed by atoms with E-state index in [-0.39, 0.29) is 0 Å². The second kappa shape index (κ2) is 4.45. The predicted molar refractivity (Wildman–Crippen MR) is 79.8 cm³/mol. The van der Waals surface area contributed by atoms with Gasteiger partial charge in [-0.3, -0.25) is 0 Å². The third-order valence-electron chi connectivity index (χ3n) is 5.15. The molecule has 0 aromatic carbocycles. The first-order valence-corrected chi connectivity index (χ1v) is 7.43. The molecule has 3 heterocycles. The van der Waals surface area contributed by atoms with Gasteiger partial charge in [0, 0.05) is 26.3 Å². The maximum Gasteiger partial charge on any atom is 0.145 e. The van der Waals surface area contributed by atoms with Crippen molar-refractivity contribution in [3.63, 3.8) is 0 Å². The van der Waals surface area contributed by atoms with Crippen molar-refractivity contribution in [2.75, 3.05) is 25.0 Å². The highest BCUT2D eigenvalue weighted by molar-refractivity contribution is 5.87. The van der Waals surface area contributed by atoms with E-state index in [4.69, 9.17) is 0 Å². The van der Waals surface area contributed by atoms with Gasteiger partial charge in [0.1, 0.15) is 17.8 Å². The molecule has 2 aromatic heterocycles. The van der Waals surface area contributed by atoms with Crippen molar-refractivity contribution in [3.8, 4) is 0 Å². The average Bonchev–Trinajstić information content (AvgIpc) is 3.12. The molecule has 20 heavy (non-hydrogen) atoms. The van der Waals surface area contributed by atoms with Gasteiger partial charge in [0.2, 0.25) is 0 Å². The average molecular weight is 271 g/mol. The second-order valence-corrected chi connectivity index (χ2v) is 6.28. The molecular formula is C15H21N5. The lowest BCUT2D eigenvalue weighted by Crippen LogP contribution is -2.31. The molecule has 1 aliphatic carbocycles. The predicted octanol–water partition coefficient (Wildman–Crippen LogP) is 1.40. The summed E-state index contributed by atoms with van der Waals surface area (Å²) in [6.07, 6.45) is 6.31. The molecule has 106 valence electrons. The van der Waals surface area contributed by atoms with E-state index in [0.717, 1.165) is 28.7 Å². The van der Waals surface area contributed by atoms with Crippen LogP contribution in [0.5, 0.6) is 0 Å². The minimum Gasteiger partial charge on any atom is -0.356 e.